The van der Waals surface area contributed by atoms with Crippen molar-refractivity contribution in [3.05, 3.63) is 214 Å². The lowest BCUT2D eigenvalue weighted by molar-refractivity contribution is -0.154. The van der Waals surface area contributed by atoms with Crippen molar-refractivity contribution >= 4 is 69.3 Å². The molecule has 5 aromatic carbocycles. The molecule has 2 unspecified atom stereocenters. The average molecular weight is 962 g/mol. The van der Waals surface area contributed by atoms with Crippen LogP contribution in [0.1, 0.15) is 45.4 Å². The second kappa shape index (κ2) is 20.6. The summed E-state index contributed by atoms with van der Waals surface area (Å²) in [5.74, 6) is -1.56. The molecule has 68 heavy (non-hydrogen) atoms. The van der Waals surface area contributed by atoms with Crippen molar-refractivity contribution in [3.8, 4) is 0 Å². The number of β-lactam (4-membered cyclic amide) rings is 1. The van der Waals surface area contributed by atoms with Crippen molar-refractivity contribution in [3.63, 3.8) is 0 Å². The maximum absolute atomic E-state index is 14.7. The zero-order valence-corrected chi connectivity index (χ0v) is 38.9. The molecule has 0 aliphatic carbocycles. The van der Waals surface area contributed by atoms with E-state index in [1.54, 1.807) is 11.5 Å². The number of carbonyl (C=O) groups is 3. The molecule has 9 rings (SSSR count). The third-order valence-corrected chi connectivity index (χ3v) is 13.7. The van der Waals surface area contributed by atoms with Gasteiger partial charge in [0.05, 0.1) is 18.1 Å². The Morgan fingerprint density at radius 2 is 1.44 bits per heavy atom. The van der Waals surface area contributed by atoms with Crippen LogP contribution in [-0.2, 0) is 36.0 Å². The Balaban J connectivity index is 1.01. The standard InChI is InChI=1S/C50H43N9O6S3/c1-64-55-40(38-31-68-49(51-38)53-50(35-21-11-4-12-22-35,36-23-13-5-14-24-36)37-25-15-6-16-26-37)45(61)52-41-46(62)59-42(34(30-67-47(41)59)29-39(66)44-54-56-57-58(44)27-28-60)48(63)65-43(32-17-7-2-8-18-32)33-19-9-3-10-20-33/h2-26,29,31,41,43,47,60,66H,27-28,30H2,1H3,(H,51,53)(H,52,61). The number of aliphatic hydroxyl groups excluding tert-OH is 1. The Labute approximate surface area is 405 Å². The third kappa shape index (κ3) is 9.18. The van der Waals surface area contributed by atoms with Crippen LogP contribution in [0.4, 0.5) is 5.13 Å². The molecule has 0 radical (unpaired) electrons. The number of thiol groups is 1. The van der Waals surface area contributed by atoms with E-state index in [1.165, 1.54) is 39.8 Å². The molecule has 2 aliphatic heterocycles. The molecule has 2 aliphatic rings. The lowest BCUT2D eigenvalue weighted by Crippen LogP contribution is -2.71. The van der Waals surface area contributed by atoms with Gasteiger partial charge >= 0.3 is 5.97 Å². The first-order valence-electron chi connectivity index (χ1n) is 21.4. The van der Waals surface area contributed by atoms with Gasteiger partial charge in [0.15, 0.2) is 22.8 Å². The lowest BCUT2D eigenvalue weighted by Gasteiger charge is -2.49. The maximum atomic E-state index is 14.7. The van der Waals surface area contributed by atoms with E-state index >= 15 is 0 Å². The first kappa shape index (κ1) is 45.8. The van der Waals surface area contributed by atoms with Gasteiger partial charge in [-0.25, -0.2) is 14.5 Å². The van der Waals surface area contributed by atoms with Gasteiger partial charge in [-0.1, -0.05) is 157 Å². The number of ether oxygens (including phenoxy) is 1. The van der Waals surface area contributed by atoms with Gasteiger partial charge in [0.25, 0.3) is 11.8 Å². The fraction of sp³-hybridized carbons (Fsp3) is 0.160. The Morgan fingerprint density at radius 1 is 0.882 bits per heavy atom. The Morgan fingerprint density at radius 3 is 1.99 bits per heavy atom. The number of amides is 2. The molecule has 15 nitrogen and oxygen atoms in total. The summed E-state index contributed by atoms with van der Waals surface area (Å²) in [6, 6.07) is 47.7. The number of nitrogens with zero attached hydrogens (tertiary/aromatic N) is 7. The highest BCUT2D eigenvalue weighted by molar-refractivity contribution is 8.00. The van der Waals surface area contributed by atoms with Gasteiger partial charge in [0, 0.05) is 11.1 Å². The topological polar surface area (TPSA) is 186 Å². The van der Waals surface area contributed by atoms with Crippen LogP contribution in [0.5, 0.6) is 0 Å². The summed E-state index contributed by atoms with van der Waals surface area (Å²) in [4.78, 5) is 55.1. The van der Waals surface area contributed by atoms with Gasteiger partial charge < -0.3 is 25.3 Å². The number of allylic oxidation sites excluding steroid dienone is 1. The smallest absolute Gasteiger partial charge is 0.356 e. The number of aromatic nitrogens is 5. The SMILES string of the molecule is CON=C(C(=O)NC1C(=O)N2C(C(=O)OC(c3ccccc3)c3ccccc3)=C(C=C(S)c3nnnn3CCO)CSC12)c1csc(NC(c2ccccc2)(c2ccccc2)c2ccccc2)n1. The molecule has 18 heteroatoms. The molecule has 4 heterocycles. The Kier molecular flexibility index (Phi) is 13.9. The number of hydrogen-bond donors (Lipinski definition) is 4. The molecule has 2 atom stereocenters. The largest absolute Gasteiger partial charge is 0.448 e. The number of tetrazole rings is 1. The number of oxime groups is 1. The number of anilines is 1. The van der Waals surface area contributed by atoms with Crippen LogP contribution in [-0.4, -0.2) is 89.6 Å². The minimum absolute atomic E-state index is 0.0198. The number of esters is 1. The number of benzene rings is 5. The highest BCUT2D eigenvalue weighted by atomic mass is 32.2. The first-order chi connectivity index (χ1) is 33.3. The van der Waals surface area contributed by atoms with Crippen LogP contribution in [0.2, 0.25) is 0 Å². The number of nitrogens with one attached hydrogen (secondary N) is 2. The van der Waals surface area contributed by atoms with E-state index in [1.807, 2.05) is 115 Å². The molecular formula is C50H43N9O6S3. The van der Waals surface area contributed by atoms with E-state index in [0.29, 0.717) is 10.7 Å². The number of carbonyl (C=O) groups excluding carboxylic acids is 3. The Hall–Kier alpha value is -7.38. The van der Waals surface area contributed by atoms with Gasteiger partial charge in [0.2, 0.25) is 0 Å². The minimum atomic E-state index is -1.06. The summed E-state index contributed by atoms with van der Waals surface area (Å²) < 4.78 is 7.70. The van der Waals surface area contributed by atoms with Gasteiger partial charge in [-0.15, -0.1) is 40.8 Å². The van der Waals surface area contributed by atoms with Gasteiger partial charge in [-0.2, -0.15) is 0 Å². The molecule has 2 aromatic heterocycles. The number of rotatable bonds is 17. The van der Waals surface area contributed by atoms with E-state index in [9.17, 15) is 19.5 Å². The number of fused-ring (bicyclic) bond motifs is 1. The average Bonchev–Trinajstić information content (AvgIpc) is 4.07. The van der Waals surface area contributed by atoms with Crippen molar-refractivity contribution in [2.45, 2.75) is 29.6 Å². The summed E-state index contributed by atoms with van der Waals surface area (Å²) in [7, 11) is 1.32. The van der Waals surface area contributed by atoms with E-state index < -0.39 is 40.8 Å². The van der Waals surface area contributed by atoms with E-state index in [4.69, 9.17) is 14.6 Å². The van der Waals surface area contributed by atoms with Crippen LogP contribution in [0.3, 0.4) is 0 Å². The molecule has 7 aromatic rings. The fourth-order valence-corrected chi connectivity index (χ4v) is 10.6. The zero-order chi connectivity index (χ0) is 47.0. The molecule has 0 saturated carbocycles. The van der Waals surface area contributed by atoms with Crippen molar-refractivity contribution in [2.24, 2.45) is 5.16 Å². The molecule has 1 fully saturated rings. The molecule has 2 amide bonds. The van der Waals surface area contributed by atoms with Crippen molar-refractivity contribution in [1.29, 1.82) is 0 Å². The Bertz CT molecular complexity index is 2850. The van der Waals surface area contributed by atoms with Crippen LogP contribution < -0.4 is 10.6 Å². The molecule has 342 valence electrons. The number of aliphatic hydroxyl groups is 1. The summed E-state index contributed by atoms with van der Waals surface area (Å²) in [5, 5.41) is 33.5. The van der Waals surface area contributed by atoms with Crippen LogP contribution >= 0.6 is 35.7 Å². The predicted octanol–water partition coefficient (Wildman–Crippen LogP) is 6.83. The van der Waals surface area contributed by atoms with Crippen LogP contribution in [0.15, 0.2) is 180 Å². The zero-order valence-electron chi connectivity index (χ0n) is 36.3. The van der Waals surface area contributed by atoms with Gasteiger partial charge in [-0.3, -0.25) is 14.5 Å². The van der Waals surface area contributed by atoms with E-state index in [-0.39, 0.29) is 46.7 Å². The van der Waals surface area contributed by atoms with E-state index in [0.717, 1.165) is 27.8 Å². The van der Waals surface area contributed by atoms with Crippen LogP contribution in [0, 0.1) is 0 Å². The lowest BCUT2D eigenvalue weighted by atomic mass is 9.77. The summed E-state index contributed by atoms with van der Waals surface area (Å²) in [6.07, 6.45) is 0.791. The third-order valence-electron chi connectivity index (χ3n) is 11.4. The number of thioether (sulfide) groups is 1. The van der Waals surface area contributed by atoms with Gasteiger partial charge in [-0.05, 0) is 49.9 Å². The summed E-state index contributed by atoms with van der Waals surface area (Å²) >= 11 is 7.32. The minimum Gasteiger partial charge on any atom is -0.448 e. The normalized spacial score (nSPS) is 16.2. The highest BCUT2D eigenvalue weighted by Crippen LogP contribution is 2.44. The van der Waals surface area contributed by atoms with E-state index in [2.05, 4.69) is 80.3 Å². The second-order valence-corrected chi connectivity index (χ2v) is 17.9. The predicted molar refractivity (Wildman–Crippen MR) is 263 cm³/mol. The monoisotopic (exact) mass is 961 g/mol. The fourth-order valence-electron chi connectivity index (χ4n) is 8.24. The summed E-state index contributed by atoms with van der Waals surface area (Å²) in [6.45, 7) is -0.114. The number of thiazole rings is 1. The van der Waals surface area contributed by atoms with Crippen molar-refractivity contribution in [1.82, 2.24) is 35.4 Å². The molecular weight excluding hydrogens is 919 g/mol. The first-order valence-corrected chi connectivity index (χ1v) is 23.8. The molecule has 0 spiro atoms. The van der Waals surface area contributed by atoms with Crippen LogP contribution in [0.25, 0.3) is 4.91 Å². The highest BCUT2D eigenvalue weighted by Gasteiger charge is 2.55. The quantitative estimate of drug-likeness (QED) is 0.0187. The summed E-state index contributed by atoms with van der Waals surface area (Å²) in [5.41, 5.74) is 3.93. The molecule has 3 N–H and O–H groups in total. The second-order valence-electron chi connectivity index (χ2n) is 15.5. The molecule has 0 bridgehead atoms. The van der Waals surface area contributed by atoms with Crippen molar-refractivity contribution in [2.75, 3.05) is 24.8 Å². The molecule has 1 saturated heterocycles. The number of hydrogen-bond acceptors (Lipinski definition) is 15. The van der Waals surface area contributed by atoms with Crippen molar-refractivity contribution < 1.29 is 29.1 Å². The maximum Gasteiger partial charge on any atom is 0.356 e. The van der Waals surface area contributed by atoms with Gasteiger partial charge in [0.1, 0.15) is 35.5 Å².